The Bertz CT molecular complexity index is 677. The van der Waals surface area contributed by atoms with E-state index in [1.807, 2.05) is 49.2 Å². The van der Waals surface area contributed by atoms with Gasteiger partial charge >= 0.3 is 0 Å². The molecule has 0 aliphatic heterocycles. The van der Waals surface area contributed by atoms with Crippen LogP contribution < -0.4 is 10.1 Å². The van der Waals surface area contributed by atoms with E-state index in [1.54, 1.807) is 12.1 Å². The van der Waals surface area contributed by atoms with Crippen molar-refractivity contribution in [3.05, 3.63) is 58.1 Å². The number of anilines is 1. The Morgan fingerprint density at radius 3 is 2.48 bits per heavy atom. The minimum atomic E-state index is 0.536. The molecule has 2 aromatic carbocycles. The van der Waals surface area contributed by atoms with Crippen molar-refractivity contribution in [3.8, 4) is 5.75 Å². The molecule has 0 unspecified atom stereocenters. The number of nitrogens with one attached hydrogen (secondary N) is 1. The molecule has 122 valence electrons. The summed E-state index contributed by atoms with van der Waals surface area (Å²) in [5.74, 6) is 0.868. The SMILES string of the molecule is CCOc1ccc(CN(C)C(=S)Nc2ccc(Cl)cc2Cl)cc1. The van der Waals surface area contributed by atoms with Crippen LogP contribution >= 0.6 is 35.4 Å². The molecule has 1 N–H and O–H groups in total. The van der Waals surface area contributed by atoms with Gasteiger partial charge in [0.15, 0.2) is 5.11 Å². The molecular formula is C17H18Cl2N2OS. The van der Waals surface area contributed by atoms with Gasteiger partial charge in [-0.25, -0.2) is 0 Å². The Hall–Kier alpha value is -1.49. The minimum Gasteiger partial charge on any atom is -0.494 e. The quantitative estimate of drug-likeness (QED) is 0.731. The highest BCUT2D eigenvalue weighted by molar-refractivity contribution is 7.80. The molecule has 0 radical (unpaired) electrons. The van der Waals surface area contributed by atoms with Gasteiger partial charge in [-0.15, -0.1) is 0 Å². The highest BCUT2D eigenvalue weighted by Gasteiger charge is 2.08. The first-order valence-electron chi connectivity index (χ1n) is 7.18. The highest BCUT2D eigenvalue weighted by atomic mass is 35.5. The lowest BCUT2D eigenvalue weighted by atomic mass is 10.2. The first-order chi connectivity index (χ1) is 11.0. The van der Waals surface area contributed by atoms with Crippen LogP contribution in [-0.2, 0) is 6.54 Å². The third-order valence-corrected chi connectivity index (χ3v) is 4.14. The van der Waals surface area contributed by atoms with Crippen LogP contribution in [0.5, 0.6) is 5.75 Å². The van der Waals surface area contributed by atoms with Crippen molar-refractivity contribution in [1.29, 1.82) is 0 Å². The van der Waals surface area contributed by atoms with Crippen LogP contribution in [-0.4, -0.2) is 23.7 Å². The van der Waals surface area contributed by atoms with Gasteiger partial charge in [-0.3, -0.25) is 0 Å². The van der Waals surface area contributed by atoms with E-state index in [4.69, 9.17) is 40.2 Å². The number of hydrogen-bond donors (Lipinski definition) is 1. The number of ether oxygens (including phenoxy) is 1. The van der Waals surface area contributed by atoms with Gasteiger partial charge in [0.1, 0.15) is 5.75 Å². The van der Waals surface area contributed by atoms with Gasteiger partial charge in [-0.1, -0.05) is 35.3 Å². The van der Waals surface area contributed by atoms with Crippen molar-refractivity contribution >= 4 is 46.2 Å². The Kier molecular flexibility index (Phi) is 6.51. The van der Waals surface area contributed by atoms with Gasteiger partial charge in [-0.2, -0.15) is 0 Å². The fourth-order valence-corrected chi connectivity index (χ4v) is 2.64. The fourth-order valence-electron chi connectivity index (χ4n) is 2.00. The molecule has 2 rings (SSSR count). The van der Waals surface area contributed by atoms with Gasteiger partial charge in [0.05, 0.1) is 17.3 Å². The summed E-state index contributed by atoms with van der Waals surface area (Å²) in [4.78, 5) is 1.94. The summed E-state index contributed by atoms with van der Waals surface area (Å²) in [6.07, 6.45) is 0. The van der Waals surface area contributed by atoms with E-state index in [1.165, 1.54) is 0 Å². The Morgan fingerprint density at radius 1 is 1.17 bits per heavy atom. The monoisotopic (exact) mass is 368 g/mol. The second-order valence-electron chi connectivity index (χ2n) is 4.99. The summed E-state index contributed by atoms with van der Waals surface area (Å²) >= 11 is 17.5. The lowest BCUT2D eigenvalue weighted by Gasteiger charge is -2.21. The molecule has 0 fully saturated rings. The Morgan fingerprint density at radius 2 is 1.87 bits per heavy atom. The maximum atomic E-state index is 6.15. The predicted octanol–water partition coefficient (Wildman–Crippen LogP) is 5.22. The molecule has 0 saturated carbocycles. The molecule has 0 spiro atoms. The highest BCUT2D eigenvalue weighted by Crippen LogP contribution is 2.25. The molecule has 3 nitrogen and oxygen atoms in total. The number of halogens is 2. The average molecular weight is 369 g/mol. The molecule has 0 amide bonds. The molecule has 2 aromatic rings. The Labute approximate surface area is 152 Å². The largest absolute Gasteiger partial charge is 0.494 e. The summed E-state index contributed by atoms with van der Waals surface area (Å²) < 4.78 is 5.44. The summed E-state index contributed by atoms with van der Waals surface area (Å²) in [6, 6.07) is 13.2. The zero-order valence-electron chi connectivity index (χ0n) is 13.0. The van der Waals surface area contributed by atoms with E-state index in [2.05, 4.69) is 5.32 Å². The van der Waals surface area contributed by atoms with Crippen LogP contribution in [0.1, 0.15) is 12.5 Å². The Balaban J connectivity index is 1.96. The third kappa shape index (κ3) is 5.27. The van der Waals surface area contributed by atoms with Crippen molar-refractivity contribution in [3.63, 3.8) is 0 Å². The van der Waals surface area contributed by atoms with E-state index in [9.17, 15) is 0 Å². The molecule has 0 aliphatic carbocycles. The summed E-state index contributed by atoms with van der Waals surface area (Å²) in [6.45, 7) is 3.31. The van der Waals surface area contributed by atoms with Crippen molar-refractivity contribution < 1.29 is 4.74 Å². The summed E-state index contributed by atoms with van der Waals surface area (Å²) in [7, 11) is 1.93. The topological polar surface area (TPSA) is 24.5 Å². The lowest BCUT2D eigenvalue weighted by Crippen LogP contribution is -2.30. The molecule has 6 heteroatoms. The maximum absolute atomic E-state index is 6.15. The smallest absolute Gasteiger partial charge is 0.173 e. The third-order valence-electron chi connectivity index (χ3n) is 3.17. The normalized spacial score (nSPS) is 10.3. The molecule has 0 aliphatic rings. The maximum Gasteiger partial charge on any atom is 0.173 e. The zero-order valence-corrected chi connectivity index (χ0v) is 15.3. The first-order valence-corrected chi connectivity index (χ1v) is 8.35. The van der Waals surface area contributed by atoms with Crippen molar-refractivity contribution in [1.82, 2.24) is 4.90 Å². The lowest BCUT2D eigenvalue weighted by molar-refractivity contribution is 0.340. The molecule has 23 heavy (non-hydrogen) atoms. The minimum absolute atomic E-state index is 0.536. The van der Waals surface area contributed by atoms with E-state index in [-0.39, 0.29) is 0 Å². The van der Waals surface area contributed by atoms with E-state index >= 15 is 0 Å². The van der Waals surface area contributed by atoms with Crippen molar-refractivity contribution in [2.24, 2.45) is 0 Å². The number of nitrogens with zero attached hydrogens (tertiary/aromatic N) is 1. The van der Waals surface area contributed by atoms with Crippen LogP contribution in [0, 0.1) is 0 Å². The van der Waals surface area contributed by atoms with Crippen LogP contribution in [0.3, 0.4) is 0 Å². The van der Waals surface area contributed by atoms with Crippen LogP contribution in [0.25, 0.3) is 0 Å². The number of rotatable bonds is 5. The molecule has 0 aromatic heterocycles. The summed E-state index contributed by atoms with van der Waals surface area (Å²) in [5, 5.41) is 4.85. The van der Waals surface area contributed by atoms with Crippen LogP contribution in [0.15, 0.2) is 42.5 Å². The van der Waals surface area contributed by atoms with Gasteiger partial charge in [0.2, 0.25) is 0 Å². The molecule has 0 atom stereocenters. The predicted molar refractivity (Wildman–Crippen MR) is 102 cm³/mol. The van der Waals surface area contributed by atoms with Crippen molar-refractivity contribution in [2.75, 3.05) is 19.0 Å². The summed E-state index contributed by atoms with van der Waals surface area (Å²) in [5.41, 5.74) is 1.88. The number of hydrogen-bond acceptors (Lipinski definition) is 2. The van der Waals surface area contributed by atoms with E-state index in [0.717, 1.165) is 17.0 Å². The average Bonchev–Trinajstić information content (AvgIpc) is 2.52. The van der Waals surface area contributed by atoms with Gasteiger partial charge < -0.3 is 15.0 Å². The molecule has 0 heterocycles. The molecule has 0 saturated heterocycles. The fraction of sp³-hybridized carbons (Fsp3) is 0.235. The standard InChI is InChI=1S/C17H18Cl2N2OS/c1-3-22-14-7-4-12(5-8-14)11-21(2)17(23)20-16-9-6-13(18)10-15(16)19/h4-10H,3,11H2,1-2H3,(H,20,23). The zero-order chi connectivity index (χ0) is 16.8. The van der Waals surface area contributed by atoms with E-state index < -0.39 is 0 Å². The molecular weight excluding hydrogens is 351 g/mol. The second kappa shape index (κ2) is 8.39. The van der Waals surface area contributed by atoms with E-state index in [0.29, 0.717) is 28.3 Å². The van der Waals surface area contributed by atoms with Crippen LogP contribution in [0.4, 0.5) is 5.69 Å². The molecule has 0 bridgehead atoms. The second-order valence-corrected chi connectivity index (χ2v) is 6.22. The van der Waals surface area contributed by atoms with Gasteiger partial charge in [0, 0.05) is 18.6 Å². The van der Waals surface area contributed by atoms with Gasteiger partial charge in [-0.05, 0) is 55.0 Å². The van der Waals surface area contributed by atoms with Gasteiger partial charge in [0.25, 0.3) is 0 Å². The number of thiocarbonyl (C=S) groups is 1. The first kappa shape index (κ1) is 17.9. The number of benzene rings is 2. The van der Waals surface area contributed by atoms with Crippen LogP contribution in [0.2, 0.25) is 10.0 Å². The van der Waals surface area contributed by atoms with Crippen molar-refractivity contribution in [2.45, 2.75) is 13.5 Å².